The molecule has 6 nitrogen and oxygen atoms in total. The standard InChI is InChI=1S/C26H28F2N4O2S/c1-16(33)20-12-18(6-8-23(20)34-3)26-13-19(26)14-32(15-26)9-4-10-35-25-30-29-24(31(25)2)17-5-7-21(27)22(28)11-17/h5-8,11-12,19H,4,9-10,13-15H2,1-3H3/t19-,26-/m1/s1. The molecule has 1 saturated carbocycles. The van der Waals surface area contributed by atoms with Gasteiger partial charge in [0.2, 0.25) is 0 Å². The van der Waals surface area contributed by atoms with Gasteiger partial charge in [0.25, 0.3) is 0 Å². The molecule has 0 N–H and O–H groups in total. The minimum Gasteiger partial charge on any atom is -0.496 e. The van der Waals surface area contributed by atoms with Crippen LogP contribution in [0.3, 0.4) is 0 Å². The van der Waals surface area contributed by atoms with E-state index in [9.17, 15) is 13.6 Å². The summed E-state index contributed by atoms with van der Waals surface area (Å²) in [5.41, 5.74) is 2.56. The number of halogens is 2. The number of carbonyl (C=O) groups excluding carboxylic acids is 1. The SMILES string of the molecule is COc1ccc([C@]23C[C@@H]2CN(CCCSc2nnc(-c4ccc(F)c(F)c4)n2C)C3)cc1C(C)=O. The maximum Gasteiger partial charge on any atom is 0.191 e. The fraction of sp³-hybridized carbons (Fsp3) is 0.423. The zero-order chi connectivity index (χ0) is 24.7. The van der Waals surface area contributed by atoms with Crippen LogP contribution in [0.5, 0.6) is 5.75 Å². The van der Waals surface area contributed by atoms with Gasteiger partial charge in [-0.25, -0.2) is 8.78 Å². The normalized spacial score (nSPS) is 21.2. The van der Waals surface area contributed by atoms with E-state index in [0.717, 1.165) is 49.1 Å². The molecule has 2 heterocycles. The average Bonchev–Trinajstić information content (AvgIpc) is 3.22. The molecule has 0 radical (unpaired) electrons. The lowest BCUT2D eigenvalue weighted by Gasteiger charge is -2.21. The fourth-order valence-corrected chi connectivity index (χ4v) is 6.11. The Hall–Kier alpha value is -2.78. The number of hydrogen-bond acceptors (Lipinski definition) is 6. The van der Waals surface area contributed by atoms with Crippen LogP contribution in [0, 0.1) is 17.6 Å². The van der Waals surface area contributed by atoms with Crippen LogP contribution in [-0.2, 0) is 12.5 Å². The number of hydrogen-bond donors (Lipinski definition) is 0. The van der Waals surface area contributed by atoms with Crippen LogP contribution in [0.2, 0.25) is 0 Å². The molecule has 0 spiro atoms. The van der Waals surface area contributed by atoms with E-state index in [1.807, 2.05) is 23.7 Å². The number of thioether (sulfide) groups is 1. The molecule has 9 heteroatoms. The molecule has 3 aromatic rings. The van der Waals surface area contributed by atoms with Crippen LogP contribution in [0.4, 0.5) is 8.78 Å². The zero-order valence-corrected chi connectivity index (χ0v) is 20.9. The molecule has 2 aromatic carbocycles. The Morgan fingerprint density at radius 3 is 2.77 bits per heavy atom. The second kappa shape index (κ2) is 9.35. The predicted octanol–water partition coefficient (Wildman–Crippen LogP) is 4.73. The summed E-state index contributed by atoms with van der Waals surface area (Å²) >= 11 is 1.61. The third-order valence-corrected chi connectivity index (χ3v) is 8.34. The monoisotopic (exact) mass is 498 g/mol. The summed E-state index contributed by atoms with van der Waals surface area (Å²) in [6, 6.07) is 9.82. The molecule has 5 rings (SSSR count). The summed E-state index contributed by atoms with van der Waals surface area (Å²) in [5.74, 6) is 0.929. The number of fused-ring (bicyclic) bond motifs is 1. The second-order valence-corrected chi connectivity index (χ2v) is 10.5. The van der Waals surface area contributed by atoms with E-state index in [1.165, 1.54) is 18.1 Å². The molecule has 0 unspecified atom stereocenters. The van der Waals surface area contributed by atoms with Crippen molar-refractivity contribution >= 4 is 17.5 Å². The van der Waals surface area contributed by atoms with E-state index in [2.05, 4.69) is 21.2 Å². The maximum absolute atomic E-state index is 13.6. The van der Waals surface area contributed by atoms with Gasteiger partial charge in [-0.3, -0.25) is 4.79 Å². The van der Waals surface area contributed by atoms with Gasteiger partial charge in [-0.05, 0) is 68.1 Å². The average molecular weight is 499 g/mol. The number of ether oxygens (including phenoxy) is 1. The number of likely N-dealkylation sites (tertiary alicyclic amines) is 1. The Bertz CT molecular complexity index is 1280. The summed E-state index contributed by atoms with van der Waals surface area (Å²) in [6.45, 7) is 4.67. The molecule has 1 aromatic heterocycles. The number of piperidine rings is 1. The molecule has 0 amide bonds. The van der Waals surface area contributed by atoms with E-state index in [1.54, 1.807) is 25.8 Å². The first kappa shape index (κ1) is 23.9. The number of methoxy groups -OCH3 is 1. The first-order chi connectivity index (χ1) is 16.8. The fourth-order valence-electron chi connectivity index (χ4n) is 5.28. The number of carbonyl (C=O) groups is 1. The third kappa shape index (κ3) is 4.47. The molecule has 1 aliphatic heterocycles. The van der Waals surface area contributed by atoms with Crippen molar-refractivity contribution in [2.75, 3.05) is 32.5 Å². The number of benzene rings is 2. The first-order valence-corrected chi connectivity index (χ1v) is 12.7. The molecule has 2 atom stereocenters. The minimum atomic E-state index is -0.895. The zero-order valence-electron chi connectivity index (χ0n) is 20.1. The Kier molecular flexibility index (Phi) is 6.40. The smallest absolute Gasteiger partial charge is 0.191 e. The highest BCUT2D eigenvalue weighted by atomic mass is 32.2. The second-order valence-electron chi connectivity index (χ2n) is 9.46. The van der Waals surface area contributed by atoms with Gasteiger partial charge in [0.1, 0.15) is 5.75 Å². The van der Waals surface area contributed by atoms with Crippen molar-refractivity contribution in [2.24, 2.45) is 13.0 Å². The summed E-state index contributed by atoms with van der Waals surface area (Å²) in [6.07, 6.45) is 2.18. The van der Waals surface area contributed by atoms with Gasteiger partial charge in [0, 0.05) is 36.9 Å². The van der Waals surface area contributed by atoms with Crippen molar-refractivity contribution in [3.05, 3.63) is 59.2 Å². The predicted molar refractivity (Wildman–Crippen MR) is 131 cm³/mol. The van der Waals surface area contributed by atoms with Crippen molar-refractivity contribution < 1.29 is 18.3 Å². The van der Waals surface area contributed by atoms with Crippen LogP contribution in [0.15, 0.2) is 41.6 Å². The van der Waals surface area contributed by atoms with Crippen molar-refractivity contribution in [1.82, 2.24) is 19.7 Å². The topological polar surface area (TPSA) is 60.2 Å². The van der Waals surface area contributed by atoms with E-state index >= 15 is 0 Å². The van der Waals surface area contributed by atoms with Crippen molar-refractivity contribution in [2.45, 2.75) is 30.3 Å². The van der Waals surface area contributed by atoms with Crippen molar-refractivity contribution in [3.8, 4) is 17.1 Å². The van der Waals surface area contributed by atoms with Gasteiger partial charge >= 0.3 is 0 Å². The maximum atomic E-state index is 13.6. The largest absolute Gasteiger partial charge is 0.496 e. The van der Waals surface area contributed by atoms with Crippen LogP contribution in [0.25, 0.3) is 11.4 Å². The van der Waals surface area contributed by atoms with Gasteiger partial charge < -0.3 is 14.2 Å². The lowest BCUT2D eigenvalue weighted by molar-refractivity contribution is 0.101. The van der Waals surface area contributed by atoms with E-state index in [0.29, 0.717) is 28.6 Å². The molecular formula is C26H28F2N4O2S. The molecule has 1 aliphatic carbocycles. The molecule has 2 aliphatic rings. The summed E-state index contributed by atoms with van der Waals surface area (Å²) < 4.78 is 34.0. The van der Waals surface area contributed by atoms with Crippen LogP contribution in [-0.4, -0.2) is 57.9 Å². The molecule has 0 bridgehead atoms. The molecule has 184 valence electrons. The Morgan fingerprint density at radius 2 is 2.03 bits per heavy atom. The highest BCUT2D eigenvalue weighted by Gasteiger charge is 2.60. The number of ketones is 1. The van der Waals surface area contributed by atoms with E-state index in [4.69, 9.17) is 4.74 Å². The van der Waals surface area contributed by atoms with Gasteiger partial charge in [-0.2, -0.15) is 0 Å². The lowest BCUT2D eigenvalue weighted by Crippen LogP contribution is -2.28. The van der Waals surface area contributed by atoms with Gasteiger partial charge in [0.15, 0.2) is 28.4 Å². The molecule has 1 saturated heterocycles. The van der Waals surface area contributed by atoms with E-state index < -0.39 is 11.6 Å². The Labute approximate surface area is 207 Å². The highest BCUT2D eigenvalue weighted by molar-refractivity contribution is 7.99. The molecular weight excluding hydrogens is 470 g/mol. The Balaban J connectivity index is 1.15. The number of rotatable bonds is 9. The number of aromatic nitrogens is 3. The van der Waals surface area contributed by atoms with Gasteiger partial charge in [0.05, 0.1) is 12.7 Å². The quantitative estimate of drug-likeness (QED) is 0.242. The summed E-state index contributed by atoms with van der Waals surface area (Å²) in [7, 11) is 3.43. The van der Waals surface area contributed by atoms with Crippen molar-refractivity contribution in [1.29, 1.82) is 0 Å². The Morgan fingerprint density at radius 1 is 1.20 bits per heavy atom. The minimum absolute atomic E-state index is 0.0284. The summed E-state index contributed by atoms with van der Waals surface area (Å²) in [4.78, 5) is 14.6. The van der Waals surface area contributed by atoms with Crippen LogP contribution in [0.1, 0.15) is 35.7 Å². The summed E-state index contributed by atoms with van der Waals surface area (Å²) in [5, 5.41) is 9.14. The van der Waals surface area contributed by atoms with Crippen LogP contribution >= 0.6 is 11.8 Å². The number of nitrogens with zero attached hydrogens (tertiary/aromatic N) is 4. The highest BCUT2D eigenvalue weighted by Crippen LogP contribution is 2.59. The van der Waals surface area contributed by atoms with Gasteiger partial charge in [-0.15, -0.1) is 10.2 Å². The molecule has 2 fully saturated rings. The van der Waals surface area contributed by atoms with Crippen molar-refractivity contribution in [3.63, 3.8) is 0 Å². The van der Waals surface area contributed by atoms with Crippen LogP contribution < -0.4 is 4.74 Å². The van der Waals surface area contributed by atoms with Gasteiger partial charge in [-0.1, -0.05) is 17.8 Å². The third-order valence-electron chi connectivity index (χ3n) is 7.23. The first-order valence-electron chi connectivity index (χ1n) is 11.7. The number of Topliss-reactive ketones (excluding diaryl/α,β-unsaturated/α-hetero) is 1. The lowest BCUT2D eigenvalue weighted by atomic mass is 9.92. The molecule has 35 heavy (non-hydrogen) atoms. The van der Waals surface area contributed by atoms with E-state index in [-0.39, 0.29) is 11.2 Å².